The van der Waals surface area contributed by atoms with E-state index in [0.717, 1.165) is 0 Å². The maximum absolute atomic E-state index is 11.2. The van der Waals surface area contributed by atoms with Crippen LogP contribution in [0.2, 0.25) is 0 Å². The minimum Gasteiger partial charge on any atom is -0.482 e. The second-order valence-corrected chi connectivity index (χ2v) is 3.00. The Labute approximate surface area is 51.4 Å². The summed E-state index contributed by atoms with van der Waals surface area (Å²) in [4.78, 5) is 0. The highest BCUT2D eigenvalue weighted by Crippen LogP contribution is 2.12. The molecule has 0 rings (SSSR count). The van der Waals surface area contributed by atoms with E-state index in [-0.39, 0.29) is 0 Å². The summed E-state index contributed by atoms with van der Waals surface area (Å²) in [5.74, 6) is -5.46. The molecule has 2 nitrogen and oxygen atoms in total. The fourth-order valence-corrected chi connectivity index (χ4v) is 0.621. The Morgan fingerprint density at radius 2 is 1.78 bits per heavy atom. The lowest BCUT2D eigenvalue weighted by Crippen LogP contribution is -2.16. The van der Waals surface area contributed by atoms with Crippen LogP contribution in [0.15, 0.2) is 11.6 Å². The number of aliphatic hydroxyl groups excluding tert-OH is 1. The largest absolute Gasteiger partial charge is 0.482 e. The Bertz CT molecular complexity index is 115. The van der Waals surface area contributed by atoms with Gasteiger partial charge in [-0.05, 0) is 5.70 Å². The molecule has 0 aliphatic carbocycles. The lowest BCUT2D eigenvalue weighted by molar-refractivity contribution is -0.0460. The van der Waals surface area contributed by atoms with Gasteiger partial charge >= 0.3 is 5.80 Å². The van der Waals surface area contributed by atoms with Gasteiger partial charge in [0.05, 0.1) is 0 Å². The van der Waals surface area contributed by atoms with Crippen molar-refractivity contribution in [2.24, 2.45) is 0 Å². The Balaban J connectivity index is 3.64. The zero-order valence-corrected chi connectivity index (χ0v) is 5.73. The van der Waals surface area contributed by atoms with E-state index in [0.29, 0.717) is 5.70 Å². The third-order valence-corrected chi connectivity index (χ3v) is 1.55. The van der Waals surface area contributed by atoms with Gasteiger partial charge in [0.15, 0.2) is 9.52 Å². The van der Waals surface area contributed by atoms with Crippen molar-refractivity contribution < 1.29 is 23.4 Å². The summed E-state index contributed by atoms with van der Waals surface area (Å²) in [5, 5.41) is 15.7. The summed E-state index contributed by atoms with van der Waals surface area (Å²) in [6, 6.07) is 0. The molecule has 0 aromatic rings. The Morgan fingerprint density at radius 1 is 1.33 bits per heavy atom. The molecule has 0 atom stereocenters. The lowest BCUT2D eigenvalue weighted by atomic mass is 11.0. The average Bonchev–Trinajstić information content (AvgIpc) is 1.59. The molecular formula is C3H5F3O2Si. The van der Waals surface area contributed by atoms with Gasteiger partial charge in [0.2, 0.25) is 0 Å². The van der Waals surface area contributed by atoms with Gasteiger partial charge < -0.3 is 10.2 Å². The summed E-state index contributed by atoms with van der Waals surface area (Å²) in [5.41, 5.74) is 0.417. The van der Waals surface area contributed by atoms with Gasteiger partial charge in [-0.15, -0.1) is 0 Å². The first-order valence-corrected chi connectivity index (χ1v) is 3.59. The summed E-state index contributed by atoms with van der Waals surface area (Å²) in [6.45, 7) is 0. The molecule has 0 unspecified atom stereocenters. The van der Waals surface area contributed by atoms with Crippen LogP contribution < -0.4 is 0 Å². The first-order chi connectivity index (χ1) is 3.92. The van der Waals surface area contributed by atoms with Crippen LogP contribution in [-0.4, -0.2) is 25.5 Å². The molecule has 0 aromatic heterocycles. The summed E-state index contributed by atoms with van der Waals surface area (Å²) in [6.07, 6.45) is 0. The number of rotatable bonds is 1. The van der Waals surface area contributed by atoms with E-state index in [2.05, 4.69) is 0 Å². The van der Waals surface area contributed by atoms with Crippen LogP contribution in [0.3, 0.4) is 0 Å². The molecule has 2 N–H and O–H groups in total. The number of hydrogen-bond acceptors (Lipinski definition) is 2. The summed E-state index contributed by atoms with van der Waals surface area (Å²) in [7, 11) is -2.46. The minimum atomic E-state index is -4.23. The van der Waals surface area contributed by atoms with Crippen LogP contribution in [0.25, 0.3) is 0 Å². The van der Waals surface area contributed by atoms with E-state index >= 15 is 0 Å². The molecule has 0 aliphatic heterocycles. The monoisotopic (exact) mass is 158 g/mol. The van der Waals surface area contributed by atoms with Crippen molar-refractivity contribution in [1.82, 2.24) is 0 Å². The second kappa shape index (κ2) is 2.76. The number of halogens is 3. The quantitative estimate of drug-likeness (QED) is 0.433. The van der Waals surface area contributed by atoms with E-state index in [4.69, 9.17) is 10.2 Å². The third kappa shape index (κ3) is 7.35. The molecule has 0 saturated heterocycles. The van der Waals surface area contributed by atoms with Gasteiger partial charge in [-0.25, -0.2) is 0 Å². The second-order valence-electron chi connectivity index (χ2n) is 1.38. The maximum atomic E-state index is 11.2. The molecule has 0 aromatic carbocycles. The average molecular weight is 158 g/mol. The first kappa shape index (κ1) is 8.35. The molecule has 0 heterocycles. The smallest absolute Gasteiger partial charge is 0.359 e. The molecule has 0 spiro atoms. The van der Waals surface area contributed by atoms with Gasteiger partial charge in [0.25, 0.3) is 5.95 Å². The van der Waals surface area contributed by atoms with E-state index in [1.165, 1.54) is 0 Å². The molecule has 0 bridgehead atoms. The molecule has 0 radical (unpaired) electrons. The maximum Gasteiger partial charge on any atom is 0.359 e. The molecule has 0 saturated carbocycles. The molecule has 0 fully saturated rings. The molecule has 54 valence electrons. The van der Waals surface area contributed by atoms with Crippen molar-refractivity contribution in [3.05, 3.63) is 11.6 Å². The van der Waals surface area contributed by atoms with E-state index in [9.17, 15) is 13.2 Å². The fourth-order valence-electron chi connectivity index (χ4n) is 0.207. The Morgan fingerprint density at radius 3 is 1.89 bits per heavy atom. The highest BCUT2D eigenvalue weighted by atomic mass is 28.2. The molecule has 0 amide bonds. The SMILES string of the molecule is OC(O)=C[SiH2]C(F)(F)F. The molecule has 6 heteroatoms. The number of aliphatic hydroxyl groups is 2. The summed E-state index contributed by atoms with van der Waals surface area (Å²) >= 11 is 0. The fraction of sp³-hybridized carbons (Fsp3) is 0.333. The van der Waals surface area contributed by atoms with Crippen LogP contribution in [0.1, 0.15) is 0 Å². The summed E-state index contributed by atoms with van der Waals surface area (Å²) < 4.78 is 33.6. The van der Waals surface area contributed by atoms with Gasteiger partial charge in [0.1, 0.15) is 0 Å². The molecule has 0 aliphatic rings. The van der Waals surface area contributed by atoms with Gasteiger partial charge in [-0.3, -0.25) is 0 Å². The van der Waals surface area contributed by atoms with E-state index in [1.54, 1.807) is 0 Å². The highest BCUT2D eigenvalue weighted by molar-refractivity contribution is 6.44. The number of hydrogen-bond donors (Lipinski definition) is 2. The normalized spacial score (nSPS) is 12.3. The topological polar surface area (TPSA) is 40.5 Å². The van der Waals surface area contributed by atoms with Crippen molar-refractivity contribution >= 4 is 9.52 Å². The lowest BCUT2D eigenvalue weighted by Gasteiger charge is -1.98. The predicted octanol–water partition coefficient (Wildman–Crippen LogP) is 0.590. The molecular weight excluding hydrogens is 153 g/mol. The van der Waals surface area contributed by atoms with Crippen LogP contribution in [0, 0.1) is 0 Å². The van der Waals surface area contributed by atoms with Gasteiger partial charge in [-0.1, -0.05) is 0 Å². The van der Waals surface area contributed by atoms with Crippen molar-refractivity contribution in [2.45, 2.75) is 5.80 Å². The zero-order chi connectivity index (χ0) is 7.49. The number of alkyl halides is 3. The highest BCUT2D eigenvalue weighted by Gasteiger charge is 2.25. The van der Waals surface area contributed by atoms with E-state index < -0.39 is 21.3 Å². The van der Waals surface area contributed by atoms with Crippen molar-refractivity contribution in [3.63, 3.8) is 0 Å². The predicted molar refractivity (Wildman–Crippen MR) is 27.9 cm³/mol. The van der Waals surface area contributed by atoms with Crippen molar-refractivity contribution in [2.75, 3.05) is 0 Å². The van der Waals surface area contributed by atoms with E-state index in [1.807, 2.05) is 0 Å². The van der Waals surface area contributed by atoms with Crippen LogP contribution in [0.4, 0.5) is 13.2 Å². The van der Waals surface area contributed by atoms with Crippen LogP contribution >= 0.6 is 0 Å². The standard InChI is InChI=1S/C3H5F3O2Si/c4-3(5,6)9-1-2(7)8/h1,7-8H,9H2. The third-order valence-electron chi connectivity index (χ3n) is 0.516. The Kier molecular flexibility index (Phi) is 2.56. The van der Waals surface area contributed by atoms with Gasteiger partial charge in [-0.2, -0.15) is 13.2 Å². The van der Waals surface area contributed by atoms with Crippen LogP contribution in [0.5, 0.6) is 0 Å². The zero-order valence-electron chi connectivity index (χ0n) is 4.31. The first-order valence-electron chi connectivity index (χ1n) is 2.06. The minimum absolute atomic E-state index is 0.417. The Hall–Kier alpha value is -0.653. The molecule has 9 heavy (non-hydrogen) atoms. The van der Waals surface area contributed by atoms with Crippen LogP contribution in [-0.2, 0) is 0 Å². The van der Waals surface area contributed by atoms with Crippen molar-refractivity contribution in [1.29, 1.82) is 0 Å². The van der Waals surface area contributed by atoms with Crippen molar-refractivity contribution in [3.8, 4) is 0 Å². The van der Waals surface area contributed by atoms with Gasteiger partial charge in [0, 0.05) is 0 Å².